The van der Waals surface area contributed by atoms with E-state index in [4.69, 9.17) is 9.15 Å². The van der Waals surface area contributed by atoms with Crippen LogP contribution in [0.25, 0.3) is 11.1 Å². The van der Waals surface area contributed by atoms with Gasteiger partial charge in [0, 0.05) is 26.1 Å². The summed E-state index contributed by atoms with van der Waals surface area (Å²) in [4.78, 5) is 23.5. The Morgan fingerprint density at radius 2 is 2.20 bits per heavy atom. The molecule has 1 amide bonds. The van der Waals surface area contributed by atoms with Gasteiger partial charge >= 0.3 is 5.76 Å². The summed E-state index contributed by atoms with van der Waals surface area (Å²) in [6, 6.07) is 7.11. The molecule has 1 aromatic heterocycles. The molecule has 0 aliphatic heterocycles. The number of aryl methyl sites for hydroxylation is 1. The standard InChI is InChI=1S/C14H18N2O4/c1-10(9-19-2)15-13(17)7-8-16-11-5-3-4-6-12(11)20-14(16)18/h3-6,10H,7-9H2,1-2H3,(H,15,17)/t10-/m0/s1. The lowest BCUT2D eigenvalue weighted by Crippen LogP contribution is -2.36. The van der Waals surface area contributed by atoms with Crippen molar-refractivity contribution in [3.63, 3.8) is 0 Å². The molecule has 1 heterocycles. The first-order valence-corrected chi connectivity index (χ1v) is 6.48. The number of carbonyl (C=O) groups is 1. The highest BCUT2D eigenvalue weighted by Gasteiger charge is 2.11. The summed E-state index contributed by atoms with van der Waals surface area (Å²) in [5.41, 5.74) is 1.24. The summed E-state index contributed by atoms with van der Waals surface area (Å²) in [6.07, 6.45) is 0.220. The molecular formula is C14H18N2O4. The Morgan fingerprint density at radius 3 is 2.95 bits per heavy atom. The van der Waals surface area contributed by atoms with Crippen molar-refractivity contribution in [2.45, 2.75) is 25.9 Å². The van der Waals surface area contributed by atoms with Crippen molar-refractivity contribution in [2.75, 3.05) is 13.7 Å². The van der Waals surface area contributed by atoms with Crippen molar-refractivity contribution >= 4 is 17.0 Å². The van der Waals surface area contributed by atoms with Gasteiger partial charge in [0.15, 0.2) is 5.58 Å². The van der Waals surface area contributed by atoms with Crippen molar-refractivity contribution in [1.82, 2.24) is 9.88 Å². The zero-order chi connectivity index (χ0) is 14.5. The van der Waals surface area contributed by atoms with Gasteiger partial charge in [-0.25, -0.2) is 4.79 Å². The van der Waals surface area contributed by atoms with Gasteiger partial charge in [-0.2, -0.15) is 0 Å². The van der Waals surface area contributed by atoms with Gasteiger partial charge in [0.2, 0.25) is 5.91 Å². The predicted molar refractivity (Wildman–Crippen MR) is 74.6 cm³/mol. The Balaban J connectivity index is 2.01. The van der Waals surface area contributed by atoms with Gasteiger partial charge < -0.3 is 14.5 Å². The molecule has 0 radical (unpaired) electrons. The van der Waals surface area contributed by atoms with Gasteiger partial charge in [-0.05, 0) is 19.1 Å². The summed E-state index contributed by atoms with van der Waals surface area (Å²) >= 11 is 0. The van der Waals surface area contributed by atoms with Crippen molar-refractivity contribution in [3.05, 3.63) is 34.8 Å². The van der Waals surface area contributed by atoms with Crippen LogP contribution in [0.15, 0.2) is 33.5 Å². The average molecular weight is 278 g/mol. The molecule has 0 bridgehead atoms. The van der Waals surface area contributed by atoms with E-state index >= 15 is 0 Å². The first kappa shape index (κ1) is 14.3. The quantitative estimate of drug-likeness (QED) is 0.859. The molecule has 1 aromatic carbocycles. The Bertz CT molecular complexity index is 644. The zero-order valence-corrected chi connectivity index (χ0v) is 11.6. The van der Waals surface area contributed by atoms with Crippen molar-refractivity contribution in [1.29, 1.82) is 0 Å². The van der Waals surface area contributed by atoms with E-state index in [0.29, 0.717) is 24.3 Å². The molecule has 0 unspecified atom stereocenters. The summed E-state index contributed by atoms with van der Waals surface area (Å²) in [5.74, 6) is -0.560. The lowest BCUT2D eigenvalue weighted by Gasteiger charge is -2.12. The Hall–Kier alpha value is -2.08. The second kappa shape index (κ2) is 6.38. The van der Waals surface area contributed by atoms with E-state index < -0.39 is 5.76 Å². The molecule has 1 atom stereocenters. The van der Waals surface area contributed by atoms with E-state index in [1.165, 1.54) is 4.57 Å². The number of hydrogen-bond acceptors (Lipinski definition) is 4. The summed E-state index contributed by atoms with van der Waals surface area (Å²) in [6.45, 7) is 2.61. The fourth-order valence-corrected chi connectivity index (χ4v) is 2.08. The van der Waals surface area contributed by atoms with E-state index in [-0.39, 0.29) is 18.4 Å². The minimum Gasteiger partial charge on any atom is -0.408 e. The van der Waals surface area contributed by atoms with E-state index in [1.54, 1.807) is 25.3 Å². The van der Waals surface area contributed by atoms with Crippen LogP contribution < -0.4 is 11.1 Å². The molecule has 0 fully saturated rings. The van der Waals surface area contributed by atoms with Crippen LogP contribution in [0.4, 0.5) is 0 Å². The van der Waals surface area contributed by atoms with Crippen LogP contribution in [-0.4, -0.2) is 30.2 Å². The number of para-hydroxylation sites is 2. The monoisotopic (exact) mass is 278 g/mol. The lowest BCUT2D eigenvalue weighted by atomic mass is 10.3. The van der Waals surface area contributed by atoms with Crippen LogP contribution in [0.2, 0.25) is 0 Å². The fraction of sp³-hybridized carbons (Fsp3) is 0.429. The normalized spacial score (nSPS) is 12.5. The van der Waals surface area contributed by atoms with Gasteiger partial charge in [0.05, 0.1) is 12.1 Å². The highest BCUT2D eigenvalue weighted by atomic mass is 16.5. The number of fused-ring (bicyclic) bond motifs is 1. The van der Waals surface area contributed by atoms with E-state index in [0.717, 1.165) is 0 Å². The lowest BCUT2D eigenvalue weighted by molar-refractivity contribution is -0.122. The molecule has 2 rings (SSSR count). The Kier molecular flexibility index (Phi) is 4.57. The van der Waals surface area contributed by atoms with Crippen LogP contribution in [0.1, 0.15) is 13.3 Å². The van der Waals surface area contributed by atoms with Crippen LogP contribution in [0.5, 0.6) is 0 Å². The predicted octanol–water partition coefficient (Wildman–Crippen LogP) is 1.14. The third kappa shape index (κ3) is 3.27. The number of hydrogen-bond donors (Lipinski definition) is 1. The van der Waals surface area contributed by atoms with Gasteiger partial charge in [-0.1, -0.05) is 12.1 Å². The van der Waals surface area contributed by atoms with E-state index in [2.05, 4.69) is 5.32 Å². The first-order chi connectivity index (χ1) is 9.61. The first-order valence-electron chi connectivity index (χ1n) is 6.48. The van der Waals surface area contributed by atoms with Gasteiger partial charge in [0.25, 0.3) is 0 Å². The second-order valence-electron chi connectivity index (χ2n) is 4.66. The molecule has 108 valence electrons. The van der Waals surface area contributed by atoms with Crippen LogP contribution in [0.3, 0.4) is 0 Å². The van der Waals surface area contributed by atoms with Gasteiger partial charge in [0.1, 0.15) is 0 Å². The van der Waals surface area contributed by atoms with Crippen molar-refractivity contribution in [2.24, 2.45) is 0 Å². The Labute approximate surface area is 116 Å². The summed E-state index contributed by atoms with van der Waals surface area (Å²) in [5, 5.41) is 2.80. The van der Waals surface area contributed by atoms with Crippen molar-refractivity contribution < 1.29 is 13.9 Å². The van der Waals surface area contributed by atoms with Crippen LogP contribution >= 0.6 is 0 Å². The molecule has 6 nitrogen and oxygen atoms in total. The molecular weight excluding hydrogens is 260 g/mol. The van der Waals surface area contributed by atoms with Crippen molar-refractivity contribution in [3.8, 4) is 0 Å². The SMILES string of the molecule is COC[C@H](C)NC(=O)CCn1c(=O)oc2ccccc21. The van der Waals surface area contributed by atoms with Crippen LogP contribution in [0, 0.1) is 0 Å². The summed E-state index contributed by atoms with van der Waals surface area (Å²) in [7, 11) is 1.58. The maximum absolute atomic E-state index is 11.8. The third-order valence-corrected chi connectivity index (χ3v) is 2.96. The fourth-order valence-electron chi connectivity index (χ4n) is 2.08. The Morgan fingerprint density at radius 1 is 1.45 bits per heavy atom. The maximum Gasteiger partial charge on any atom is 0.419 e. The number of rotatable bonds is 6. The second-order valence-corrected chi connectivity index (χ2v) is 4.66. The smallest absolute Gasteiger partial charge is 0.408 e. The minimum atomic E-state index is -0.441. The molecule has 0 saturated heterocycles. The molecule has 0 saturated carbocycles. The number of carbonyl (C=O) groups excluding carboxylic acids is 1. The molecule has 20 heavy (non-hydrogen) atoms. The number of amides is 1. The van der Waals surface area contributed by atoms with Gasteiger partial charge in [-0.15, -0.1) is 0 Å². The van der Waals surface area contributed by atoms with E-state index in [1.807, 2.05) is 13.0 Å². The highest BCUT2D eigenvalue weighted by Crippen LogP contribution is 2.11. The number of methoxy groups -OCH3 is 1. The number of nitrogens with zero attached hydrogens (tertiary/aromatic N) is 1. The molecule has 6 heteroatoms. The third-order valence-electron chi connectivity index (χ3n) is 2.96. The van der Waals surface area contributed by atoms with E-state index in [9.17, 15) is 9.59 Å². The molecule has 1 N–H and O–H groups in total. The topological polar surface area (TPSA) is 73.5 Å². The molecule has 2 aromatic rings. The molecule has 0 spiro atoms. The molecule has 0 aliphatic rings. The number of benzene rings is 1. The number of nitrogens with one attached hydrogen (secondary N) is 1. The minimum absolute atomic E-state index is 0.0506. The average Bonchev–Trinajstić information content (AvgIpc) is 2.72. The maximum atomic E-state index is 11.8. The number of ether oxygens (including phenoxy) is 1. The summed E-state index contributed by atoms with van der Waals surface area (Å²) < 4.78 is 11.5. The zero-order valence-electron chi connectivity index (χ0n) is 11.6. The highest BCUT2D eigenvalue weighted by molar-refractivity contribution is 5.77. The number of oxazole rings is 1. The number of aromatic nitrogens is 1. The van der Waals surface area contributed by atoms with Gasteiger partial charge in [-0.3, -0.25) is 9.36 Å². The molecule has 0 aliphatic carbocycles. The largest absolute Gasteiger partial charge is 0.419 e. The van der Waals surface area contributed by atoms with Crippen LogP contribution in [-0.2, 0) is 16.1 Å².